The Labute approximate surface area is 807 Å². The van der Waals surface area contributed by atoms with E-state index in [1.165, 1.54) is 77.7 Å². The number of nitrogens with zero attached hydrogens (tertiary/aromatic N) is 7. The van der Waals surface area contributed by atoms with Crippen LogP contribution in [0.3, 0.4) is 0 Å². The van der Waals surface area contributed by atoms with E-state index in [1.54, 1.807) is 48.5 Å². The maximum absolute atomic E-state index is 14.9. The minimum atomic E-state index is -0.968. The molecular weight excluding hydrogens is 1810 g/mol. The van der Waals surface area contributed by atoms with Gasteiger partial charge in [0.25, 0.3) is 0 Å². The average molecular weight is 1900 g/mol. The second kappa shape index (κ2) is 37.4. The molecule has 0 saturated heterocycles. The minimum absolute atomic E-state index is 0. The molecule has 17 heteroatoms. The van der Waals surface area contributed by atoms with Crippen molar-refractivity contribution >= 4 is 134 Å². The number of anilines is 5. The van der Waals surface area contributed by atoms with Gasteiger partial charge in [-0.3, -0.25) is 0 Å². The summed E-state index contributed by atoms with van der Waals surface area (Å²) in [6, 6.07) is 148. The Hall–Kier alpha value is -16.7. The molecule has 0 amide bonds. The van der Waals surface area contributed by atoms with Gasteiger partial charge in [0.1, 0.15) is 57.0 Å². The summed E-state index contributed by atoms with van der Waals surface area (Å²) in [4.78, 5) is 2.07. The van der Waals surface area contributed by atoms with E-state index >= 15 is 0 Å². The lowest BCUT2D eigenvalue weighted by atomic mass is 10.0. The Kier molecular flexibility index (Phi) is 23.1. The molecule has 0 atom stereocenters. The van der Waals surface area contributed by atoms with Crippen LogP contribution in [-0.4, -0.2) is 26.6 Å². The van der Waals surface area contributed by atoms with Crippen molar-refractivity contribution in [1.82, 2.24) is 26.6 Å². The van der Waals surface area contributed by atoms with Crippen molar-refractivity contribution in [2.75, 3.05) is 10.2 Å². The first-order valence-electron chi connectivity index (χ1n) is 45.4. The highest BCUT2D eigenvalue weighted by atomic mass is 79.9. The summed E-state index contributed by atoms with van der Waals surface area (Å²) in [6.07, 6.45) is 0. The number of fused-ring (bicyclic) bond motifs is 8. The van der Waals surface area contributed by atoms with Crippen LogP contribution in [0.4, 0.5) is 54.8 Å². The van der Waals surface area contributed by atoms with Gasteiger partial charge in [-0.15, -0.1) is 0 Å². The second-order valence-corrected chi connectivity index (χ2v) is 35.1. The molecule has 0 aliphatic carbocycles. The van der Waals surface area contributed by atoms with Crippen molar-refractivity contribution in [2.24, 2.45) is 0 Å². The molecule has 137 heavy (non-hydrogen) atoms. The maximum atomic E-state index is 14.9. The first kappa shape index (κ1) is 84.6. The van der Waals surface area contributed by atoms with Crippen LogP contribution in [-0.2, 0) is 0 Å². The Morgan fingerprint density at radius 2 is 0.511 bits per heavy atom. The lowest BCUT2D eigenvalue weighted by molar-refractivity contribution is 0.547. The van der Waals surface area contributed by atoms with Gasteiger partial charge in [-0.25, -0.2) is 26.3 Å². The van der Waals surface area contributed by atoms with Crippen LogP contribution < -0.4 is 10.2 Å². The summed E-state index contributed by atoms with van der Waals surface area (Å²) in [5, 5.41) is 8.09. The molecule has 0 bridgehead atoms. The minimum Gasteiger partial charge on any atom is -0.356 e. The zero-order chi connectivity index (χ0) is 94.6. The lowest BCUT2D eigenvalue weighted by Gasteiger charge is -2.26. The van der Waals surface area contributed by atoms with E-state index in [1.807, 2.05) is 91.0 Å². The Balaban J connectivity index is 0.000000147. The van der Waals surface area contributed by atoms with Gasteiger partial charge in [-0.1, -0.05) is 285 Å². The smallest absolute Gasteiger partial charge is 0.136 e. The molecule has 24 aromatic rings. The van der Waals surface area contributed by atoms with Crippen molar-refractivity contribution in [1.29, 1.82) is 0 Å². The molecule has 662 valence electrons. The summed E-state index contributed by atoms with van der Waals surface area (Å²) in [7, 11) is 0. The highest BCUT2D eigenvalue weighted by Crippen LogP contribution is 2.47. The van der Waals surface area contributed by atoms with Crippen LogP contribution in [0.1, 0.15) is 5.82 Å². The van der Waals surface area contributed by atoms with Crippen molar-refractivity contribution in [2.45, 2.75) is 0 Å². The molecule has 0 unspecified atom stereocenters. The number of nitrogens with one attached hydrogen (secondary N) is 1. The van der Waals surface area contributed by atoms with E-state index < -0.39 is 34.9 Å². The van der Waals surface area contributed by atoms with E-state index in [4.69, 9.17) is 11.7 Å². The number of hydrogen-bond acceptors (Lipinski definition) is 8. The van der Waals surface area contributed by atoms with Gasteiger partial charge < -0.3 is 19.4 Å². The molecule has 1 N–H and O–H groups in total. The van der Waals surface area contributed by atoms with Gasteiger partial charge >= 0.3 is 0 Å². The van der Waals surface area contributed by atoms with Crippen LogP contribution in [0.2, 0.25) is 0 Å². The molecule has 24 rings (SSSR count). The van der Waals surface area contributed by atoms with E-state index in [2.05, 4.69) is 329 Å². The van der Waals surface area contributed by atoms with Crippen LogP contribution in [0.5, 0.6) is 0 Å². The molecule has 8 nitrogen and oxygen atoms in total. The maximum Gasteiger partial charge on any atom is 0.136 e. The molecule has 0 aliphatic heterocycles. The Morgan fingerprint density at radius 1 is 0.248 bits per heavy atom. The van der Waals surface area contributed by atoms with E-state index in [0.717, 1.165) is 139 Å². The first-order chi connectivity index (χ1) is 68.3. The number of aromatic nitrogens is 6. The average Bonchev–Trinajstić information content (AvgIpc) is 1.59. The van der Waals surface area contributed by atoms with E-state index in [-0.39, 0.29) is 19.5 Å². The molecule has 20 aromatic carbocycles. The summed E-state index contributed by atoms with van der Waals surface area (Å²) < 4.78 is 119. The van der Waals surface area contributed by atoms with Gasteiger partial charge in [0.2, 0.25) is 0 Å². The predicted molar refractivity (Wildman–Crippen MR) is 563 cm³/mol. The summed E-state index contributed by atoms with van der Waals surface area (Å²) in [6.45, 7) is 0. The van der Waals surface area contributed by atoms with Crippen molar-refractivity contribution < 1.29 is 32.2 Å². The van der Waals surface area contributed by atoms with Crippen molar-refractivity contribution in [3.05, 3.63) is 488 Å². The van der Waals surface area contributed by atoms with E-state index in [9.17, 15) is 26.3 Å². The summed E-state index contributed by atoms with van der Waals surface area (Å²) in [5.41, 5.74) is 32.3. The standard InChI is InChI=1S/C60H37F3N4S.C36H22BrN3S.C24H16F3N.3H2/c61-46-36-53(62)58(54(63)37-46)43-20-28-48(29-21-43)66(47-24-16-41(17-25-47)38-10-4-1-5-11-38)57-33-30-50(59-60(57)65-68-64-59)42-18-26-49(27-19-42)67-55-31-22-44(39-12-6-2-7-13-39)34-51(55)52-35-45(23-32-56(52)67)40-14-8-3-9-15-40;37-32-18-17-29(35-36(32)39-41-38-35)25-11-15-28(16-12-25)40-33-19-13-26(23-7-3-1-4-8-23)21-30(33)31-22-27(14-20-34(31)40)24-9-5-2-6-10-24;25-19-14-22(26)24(23(27)15-19)18-8-12-21(13-9-18)28-20-10-6-17(7-11-20)16-4-2-1-3-5-16;;;/h1-37H;1-22H;1-15,28H;3*1H/i;;;1+1D;2*1+1. The van der Waals surface area contributed by atoms with Crippen LogP contribution in [0.15, 0.2) is 453 Å². The monoisotopic (exact) mass is 1890 g/mol. The van der Waals surface area contributed by atoms with Crippen molar-refractivity contribution in [3.63, 3.8) is 0 Å². The fraction of sp³-hybridized carbons (Fsp3) is 0. The molecule has 0 spiro atoms. The molecule has 4 heterocycles. The molecular formula is C120H81BrF6N8S2. The zero-order valence-corrected chi connectivity index (χ0v) is 76.0. The van der Waals surface area contributed by atoms with Gasteiger partial charge in [-0.2, -0.15) is 17.5 Å². The fourth-order valence-corrected chi connectivity index (χ4v) is 20.0. The first-order valence-corrected chi connectivity index (χ1v) is 46.7. The zero-order valence-electron chi connectivity index (χ0n) is 74.8. The van der Waals surface area contributed by atoms with Crippen LogP contribution >= 0.6 is 39.4 Å². The van der Waals surface area contributed by atoms with Gasteiger partial charge in [0.05, 0.1) is 62.3 Å². The molecule has 4 aromatic heterocycles. The summed E-state index contributed by atoms with van der Waals surface area (Å²) in [5.74, 6) is -5.68. The van der Waals surface area contributed by atoms with E-state index in [0.29, 0.717) is 35.3 Å². The summed E-state index contributed by atoms with van der Waals surface area (Å²) >= 11 is 6.00. The van der Waals surface area contributed by atoms with Crippen LogP contribution in [0, 0.1) is 34.9 Å². The Morgan fingerprint density at radius 3 is 0.854 bits per heavy atom. The molecule has 0 radical (unpaired) electrons. The molecule has 0 fully saturated rings. The number of halogens is 7. The predicted octanol–water partition coefficient (Wildman–Crippen LogP) is 35.5. The number of benzene rings is 20. The molecule has 0 aliphatic rings. The van der Waals surface area contributed by atoms with Gasteiger partial charge in [-0.05, 0) is 244 Å². The third-order valence-corrected chi connectivity index (χ3v) is 26.6. The van der Waals surface area contributed by atoms with Crippen LogP contribution in [0.25, 0.3) is 188 Å². The third kappa shape index (κ3) is 17.2. The second-order valence-electron chi connectivity index (χ2n) is 33.2. The fourth-order valence-electron chi connectivity index (χ4n) is 18.3. The number of rotatable bonds is 17. The quantitative estimate of drug-likeness (QED) is 0.0916. The lowest BCUT2D eigenvalue weighted by Crippen LogP contribution is -2.10. The largest absolute Gasteiger partial charge is 0.356 e. The highest BCUT2D eigenvalue weighted by Gasteiger charge is 2.25. The SMILES string of the molecule is Brc1ccc(-c2ccc(-n3c4ccc(-c5ccccc5)cc4c4cc(-c5ccccc5)ccc43)cc2)c2nsnc12.Fc1cc(F)c(-c2ccc(N(c3ccc(-c4ccccc4)cc3)c3ccc(-c4ccc(-n5c6ccc(-c7ccccc7)cc6c6cc(-c7ccccc7)ccc65)cc4)c4nsnc34)cc2)c(F)c1.Fc1cc(F)c(-c2ccc(Nc3ccc(-c4ccccc4)cc3)cc2)c(F)c1.[2HH].[2HH].[2H][2H]. The normalized spacial score (nSPS) is 11.4. The Bertz CT molecular complexity index is 8360. The van der Waals surface area contributed by atoms with Gasteiger partial charge in [0.15, 0.2) is 0 Å². The number of hydrogen-bond donors (Lipinski definition) is 1. The topological polar surface area (TPSA) is 76.7 Å². The highest BCUT2D eigenvalue weighted by molar-refractivity contribution is 9.10. The van der Waals surface area contributed by atoms with Crippen molar-refractivity contribution in [3.8, 4) is 123 Å². The third-order valence-electron chi connectivity index (χ3n) is 24.9. The van der Waals surface area contributed by atoms with Gasteiger partial charge in [0, 0.05) is 101 Å². The molecule has 0 saturated carbocycles.